The molecular formula is C18H19F3N4O. The van der Waals surface area contributed by atoms with Gasteiger partial charge in [0.15, 0.2) is 0 Å². The van der Waals surface area contributed by atoms with E-state index in [0.717, 1.165) is 36.9 Å². The molecule has 0 bridgehead atoms. The molecule has 2 aromatic rings. The van der Waals surface area contributed by atoms with E-state index in [-0.39, 0.29) is 11.9 Å². The Morgan fingerprint density at radius 2 is 1.96 bits per heavy atom. The number of benzene rings is 1. The SMILES string of the molecule is O=C(Nc1cc(C(F)(F)F)ccn1)N1CCCC(Nc2ccccc2)C1. The van der Waals surface area contributed by atoms with Crippen molar-refractivity contribution in [2.24, 2.45) is 0 Å². The number of nitrogens with zero attached hydrogens (tertiary/aromatic N) is 2. The minimum Gasteiger partial charge on any atom is -0.381 e. The monoisotopic (exact) mass is 364 g/mol. The maximum Gasteiger partial charge on any atom is 0.416 e. The lowest BCUT2D eigenvalue weighted by Crippen LogP contribution is -2.46. The molecular weight excluding hydrogens is 345 g/mol. The molecule has 1 aliphatic heterocycles. The van der Waals surface area contributed by atoms with Crippen LogP contribution in [0.4, 0.5) is 29.5 Å². The van der Waals surface area contributed by atoms with Crippen LogP contribution >= 0.6 is 0 Å². The van der Waals surface area contributed by atoms with E-state index in [1.165, 1.54) is 0 Å². The zero-order valence-electron chi connectivity index (χ0n) is 14.0. The number of nitrogens with one attached hydrogen (secondary N) is 2. The minimum absolute atomic E-state index is 0.0892. The van der Waals surface area contributed by atoms with Crippen molar-refractivity contribution in [1.82, 2.24) is 9.88 Å². The van der Waals surface area contributed by atoms with Crippen LogP contribution in [0, 0.1) is 0 Å². The number of carbonyl (C=O) groups is 1. The summed E-state index contributed by atoms with van der Waals surface area (Å²) in [6.07, 6.45) is -1.71. The Bertz CT molecular complexity index is 752. The van der Waals surface area contributed by atoms with E-state index in [0.29, 0.717) is 13.1 Å². The molecule has 0 aliphatic carbocycles. The molecule has 3 rings (SSSR count). The third-order valence-corrected chi connectivity index (χ3v) is 4.18. The van der Waals surface area contributed by atoms with E-state index in [9.17, 15) is 18.0 Å². The number of amides is 2. The fraction of sp³-hybridized carbons (Fsp3) is 0.333. The third-order valence-electron chi connectivity index (χ3n) is 4.18. The molecule has 138 valence electrons. The molecule has 1 aromatic heterocycles. The second-order valence-corrected chi connectivity index (χ2v) is 6.15. The lowest BCUT2D eigenvalue weighted by molar-refractivity contribution is -0.137. The Balaban J connectivity index is 1.61. The largest absolute Gasteiger partial charge is 0.416 e. The number of aromatic nitrogens is 1. The number of urea groups is 1. The zero-order chi connectivity index (χ0) is 18.6. The second-order valence-electron chi connectivity index (χ2n) is 6.15. The van der Waals surface area contributed by atoms with Crippen molar-refractivity contribution in [2.75, 3.05) is 23.7 Å². The van der Waals surface area contributed by atoms with Gasteiger partial charge in [-0.25, -0.2) is 9.78 Å². The standard InChI is InChI=1S/C18H19F3N4O/c19-18(20,21)13-8-9-22-16(11-13)24-17(26)25-10-4-7-15(12-25)23-14-5-2-1-3-6-14/h1-3,5-6,8-9,11,15,23H,4,7,10,12H2,(H,22,24,26). The van der Waals surface area contributed by atoms with E-state index in [1.54, 1.807) is 4.90 Å². The van der Waals surface area contributed by atoms with Crippen molar-refractivity contribution in [3.8, 4) is 0 Å². The van der Waals surface area contributed by atoms with Gasteiger partial charge < -0.3 is 10.2 Å². The summed E-state index contributed by atoms with van der Waals surface area (Å²) in [6.45, 7) is 1.03. The Morgan fingerprint density at radius 3 is 2.69 bits per heavy atom. The first-order valence-electron chi connectivity index (χ1n) is 8.32. The molecule has 0 radical (unpaired) electrons. The number of likely N-dealkylation sites (tertiary alicyclic amines) is 1. The Morgan fingerprint density at radius 1 is 1.19 bits per heavy atom. The number of piperidine rings is 1. The van der Waals surface area contributed by atoms with Crippen LogP contribution in [0.25, 0.3) is 0 Å². The van der Waals surface area contributed by atoms with Crippen molar-refractivity contribution in [1.29, 1.82) is 0 Å². The Labute approximate surface area is 149 Å². The van der Waals surface area contributed by atoms with Crippen molar-refractivity contribution in [3.05, 3.63) is 54.2 Å². The molecule has 2 heterocycles. The van der Waals surface area contributed by atoms with E-state index in [4.69, 9.17) is 0 Å². The summed E-state index contributed by atoms with van der Waals surface area (Å²) in [5, 5.41) is 5.83. The van der Waals surface area contributed by atoms with Crippen molar-refractivity contribution >= 4 is 17.5 Å². The Kier molecular flexibility index (Phi) is 5.29. The maximum absolute atomic E-state index is 12.8. The first-order valence-corrected chi connectivity index (χ1v) is 8.32. The average molecular weight is 364 g/mol. The molecule has 1 saturated heterocycles. The van der Waals surface area contributed by atoms with Gasteiger partial charge in [0, 0.05) is 31.0 Å². The maximum atomic E-state index is 12.8. The smallest absolute Gasteiger partial charge is 0.381 e. The zero-order valence-corrected chi connectivity index (χ0v) is 14.0. The second kappa shape index (κ2) is 7.63. The molecule has 26 heavy (non-hydrogen) atoms. The highest BCUT2D eigenvalue weighted by atomic mass is 19.4. The van der Waals surface area contributed by atoms with Crippen LogP contribution < -0.4 is 10.6 Å². The summed E-state index contributed by atoms with van der Waals surface area (Å²) in [6, 6.07) is 11.0. The minimum atomic E-state index is -4.47. The van der Waals surface area contributed by atoms with Gasteiger partial charge in [0.2, 0.25) is 0 Å². The van der Waals surface area contributed by atoms with Gasteiger partial charge in [-0.05, 0) is 37.1 Å². The highest BCUT2D eigenvalue weighted by Gasteiger charge is 2.31. The van der Waals surface area contributed by atoms with Gasteiger partial charge in [0.25, 0.3) is 0 Å². The molecule has 0 saturated carbocycles. The number of anilines is 2. The average Bonchev–Trinajstić information content (AvgIpc) is 2.62. The molecule has 5 nitrogen and oxygen atoms in total. The molecule has 1 atom stereocenters. The molecule has 1 aliphatic rings. The molecule has 0 spiro atoms. The molecule has 1 unspecified atom stereocenters. The number of hydrogen-bond acceptors (Lipinski definition) is 3. The van der Waals surface area contributed by atoms with Crippen molar-refractivity contribution in [2.45, 2.75) is 25.1 Å². The first kappa shape index (κ1) is 18.0. The fourth-order valence-corrected chi connectivity index (χ4v) is 2.91. The van der Waals surface area contributed by atoms with E-state index in [1.807, 2.05) is 30.3 Å². The quantitative estimate of drug-likeness (QED) is 0.858. The molecule has 1 aromatic carbocycles. The fourth-order valence-electron chi connectivity index (χ4n) is 2.91. The van der Waals surface area contributed by atoms with Gasteiger partial charge in [0.1, 0.15) is 5.82 Å². The van der Waals surface area contributed by atoms with E-state index in [2.05, 4.69) is 15.6 Å². The number of carbonyl (C=O) groups excluding carboxylic acids is 1. The highest BCUT2D eigenvalue weighted by Crippen LogP contribution is 2.30. The van der Waals surface area contributed by atoms with Crippen LogP contribution in [-0.4, -0.2) is 35.0 Å². The lowest BCUT2D eigenvalue weighted by atomic mass is 10.1. The predicted molar refractivity (Wildman–Crippen MR) is 92.9 cm³/mol. The summed E-state index contributed by atoms with van der Waals surface area (Å²) in [4.78, 5) is 17.8. The number of rotatable bonds is 3. The van der Waals surface area contributed by atoms with Gasteiger partial charge in [-0.3, -0.25) is 5.32 Å². The van der Waals surface area contributed by atoms with Crippen molar-refractivity contribution in [3.63, 3.8) is 0 Å². The van der Waals surface area contributed by atoms with Crippen LogP contribution in [-0.2, 0) is 6.18 Å². The molecule has 8 heteroatoms. The number of halogens is 3. The van der Waals surface area contributed by atoms with Crippen LogP contribution in [0.3, 0.4) is 0 Å². The van der Waals surface area contributed by atoms with E-state index < -0.39 is 17.8 Å². The van der Waals surface area contributed by atoms with Gasteiger partial charge in [-0.2, -0.15) is 13.2 Å². The van der Waals surface area contributed by atoms with Gasteiger partial charge >= 0.3 is 12.2 Å². The number of hydrogen-bond donors (Lipinski definition) is 2. The molecule has 2 N–H and O–H groups in total. The first-order chi connectivity index (χ1) is 12.4. The van der Waals surface area contributed by atoms with Crippen molar-refractivity contribution < 1.29 is 18.0 Å². The van der Waals surface area contributed by atoms with Crippen LogP contribution in [0.2, 0.25) is 0 Å². The van der Waals surface area contributed by atoms with Gasteiger partial charge in [0.05, 0.1) is 5.56 Å². The normalized spacial score (nSPS) is 17.7. The highest BCUT2D eigenvalue weighted by molar-refractivity contribution is 5.88. The number of alkyl halides is 3. The summed E-state index contributed by atoms with van der Waals surface area (Å²) in [7, 11) is 0. The molecule has 1 fully saturated rings. The molecule has 2 amide bonds. The Hall–Kier alpha value is -2.77. The summed E-state index contributed by atoms with van der Waals surface area (Å²) in [5.74, 6) is -0.108. The van der Waals surface area contributed by atoms with E-state index >= 15 is 0 Å². The topological polar surface area (TPSA) is 57.3 Å². The summed E-state index contributed by atoms with van der Waals surface area (Å²) < 4.78 is 38.3. The van der Waals surface area contributed by atoms with Crippen LogP contribution in [0.1, 0.15) is 18.4 Å². The van der Waals surface area contributed by atoms with Gasteiger partial charge in [-0.1, -0.05) is 18.2 Å². The third kappa shape index (κ3) is 4.65. The van der Waals surface area contributed by atoms with Crippen LogP contribution in [0.15, 0.2) is 48.7 Å². The number of para-hydroxylation sites is 1. The lowest BCUT2D eigenvalue weighted by Gasteiger charge is -2.33. The summed E-state index contributed by atoms with van der Waals surface area (Å²) >= 11 is 0. The predicted octanol–water partition coefficient (Wildman–Crippen LogP) is 4.21. The van der Waals surface area contributed by atoms with Crippen LogP contribution in [0.5, 0.6) is 0 Å². The van der Waals surface area contributed by atoms with Gasteiger partial charge in [-0.15, -0.1) is 0 Å². The summed E-state index contributed by atoms with van der Waals surface area (Å²) in [5.41, 5.74) is 0.129. The number of pyridine rings is 1.